The van der Waals surface area contributed by atoms with Crippen molar-refractivity contribution in [2.24, 2.45) is 0 Å². The van der Waals surface area contributed by atoms with Gasteiger partial charge in [0.05, 0.1) is 7.11 Å². The molecule has 0 radical (unpaired) electrons. The number of aromatic amines is 1. The summed E-state index contributed by atoms with van der Waals surface area (Å²) < 4.78 is 5.50. The fraction of sp³-hybridized carbons (Fsp3) is 0.429. The molecule has 17 heavy (non-hydrogen) atoms. The Bertz CT molecular complexity index is 538. The molecular weight excluding hydrogens is 212 g/mol. The highest BCUT2D eigenvalue weighted by Gasteiger charge is 2.23. The smallest absolute Gasteiger partial charge is 0.128 e. The van der Waals surface area contributed by atoms with Gasteiger partial charge in [0.2, 0.25) is 0 Å². The third-order valence-corrected chi connectivity index (χ3v) is 3.71. The van der Waals surface area contributed by atoms with E-state index in [-0.39, 0.29) is 0 Å². The van der Waals surface area contributed by atoms with Gasteiger partial charge in [-0.3, -0.25) is 0 Å². The molecule has 1 saturated heterocycles. The molecule has 90 valence electrons. The molecule has 0 bridgehead atoms. The second kappa shape index (κ2) is 4.08. The van der Waals surface area contributed by atoms with Crippen LogP contribution in [0.1, 0.15) is 23.6 Å². The predicted octanol–water partition coefficient (Wildman–Crippen LogP) is 2.56. The quantitative estimate of drug-likeness (QED) is 0.832. The summed E-state index contributed by atoms with van der Waals surface area (Å²) >= 11 is 0. The summed E-state index contributed by atoms with van der Waals surface area (Å²) in [4.78, 5) is 3.47. The van der Waals surface area contributed by atoms with Crippen molar-refractivity contribution in [2.75, 3.05) is 20.2 Å². The van der Waals surface area contributed by atoms with Crippen LogP contribution in [0.3, 0.4) is 0 Å². The molecule has 1 atom stereocenters. The van der Waals surface area contributed by atoms with Gasteiger partial charge in [-0.15, -0.1) is 0 Å². The Kier molecular flexibility index (Phi) is 2.56. The van der Waals surface area contributed by atoms with Gasteiger partial charge in [0.1, 0.15) is 5.75 Å². The molecule has 1 aromatic heterocycles. The monoisotopic (exact) mass is 230 g/mol. The van der Waals surface area contributed by atoms with Crippen molar-refractivity contribution < 1.29 is 4.74 Å². The van der Waals surface area contributed by atoms with E-state index >= 15 is 0 Å². The van der Waals surface area contributed by atoms with Crippen LogP contribution >= 0.6 is 0 Å². The number of aryl methyl sites for hydroxylation is 1. The van der Waals surface area contributed by atoms with E-state index in [0.717, 1.165) is 18.8 Å². The van der Waals surface area contributed by atoms with Crippen LogP contribution in [0.4, 0.5) is 0 Å². The Balaban J connectivity index is 2.24. The zero-order chi connectivity index (χ0) is 11.8. The fourth-order valence-corrected chi connectivity index (χ4v) is 2.95. The Morgan fingerprint density at radius 1 is 1.35 bits per heavy atom. The molecule has 3 rings (SSSR count). The van der Waals surface area contributed by atoms with E-state index in [0.29, 0.717) is 5.92 Å². The van der Waals surface area contributed by atoms with Gasteiger partial charge in [0.15, 0.2) is 0 Å². The number of hydrogen-bond donors (Lipinski definition) is 2. The Morgan fingerprint density at radius 2 is 2.24 bits per heavy atom. The largest absolute Gasteiger partial charge is 0.496 e. The van der Waals surface area contributed by atoms with Gasteiger partial charge in [-0.2, -0.15) is 0 Å². The summed E-state index contributed by atoms with van der Waals surface area (Å²) in [5, 5.41) is 4.70. The molecule has 0 spiro atoms. The lowest BCUT2D eigenvalue weighted by Crippen LogP contribution is -2.08. The first kappa shape index (κ1) is 10.7. The molecule has 1 aliphatic rings. The highest BCUT2D eigenvalue weighted by molar-refractivity contribution is 5.91. The van der Waals surface area contributed by atoms with Crippen molar-refractivity contribution in [1.82, 2.24) is 10.3 Å². The summed E-state index contributed by atoms with van der Waals surface area (Å²) in [6.45, 7) is 4.35. The number of rotatable bonds is 2. The first-order valence-corrected chi connectivity index (χ1v) is 6.17. The van der Waals surface area contributed by atoms with Gasteiger partial charge in [0, 0.05) is 29.1 Å². The van der Waals surface area contributed by atoms with Crippen molar-refractivity contribution in [2.45, 2.75) is 19.3 Å². The van der Waals surface area contributed by atoms with Gasteiger partial charge < -0.3 is 15.0 Å². The van der Waals surface area contributed by atoms with E-state index in [9.17, 15) is 0 Å². The van der Waals surface area contributed by atoms with E-state index < -0.39 is 0 Å². The predicted molar refractivity (Wildman–Crippen MR) is 69.8 cm³/mol. The Hall–Kier alpha value is -1.48. The molecule has 0 amide bonds. The zero-order valence-electron chi connectivity index (χ0n) is 10.3. The van der Waals surface area contributed by atoms with Crippen molar-refractivity contribution >= 4 is 10.9 Å². The SMILES string of the molecule is COc1cccc2[nH]c(C)c(C3CCNC3)c12. The van der Waals surface area contributed by atoms with Gasteiger partial charge in [-0.25, -0.2) is 0 Å². The minimum Gasteiger partial charge on any atom is -0.496 e. The number of ether oxygens (including phenoxy) is 1. The van der Waals surface area contributed by atoms with Crippen molar-refractivity contribution in [3.8, 4) is 5.75 Å². The molecule has 1 unspecified atom stereocenters. The summed E-state index contributed by atoms with van der Waals surface area (Å²) in [5.74, 6) is 1.59. The van der Waals surface area contributed by atoms with E-state index in [2.05, 4.69) is 23.3 Å². The second-order valence-corrected chi connectivity index (χ2v) is 4.74. The zero-order valence-corrected chi connectivity index (χ0v) is 10.3. The molecule has 1 aliphatic heterocycles. The Morgan fingerprint density at radius 3 is 2.94 bits per heavy atom. The van der Waals surface area contributed by atoms with Crippen LogP contribution in [0, 0.1) is 6.92 Å². The molecular formula is C14H18N2O. The molecule has 0 aliphatic carbocycles. The van der Waals surface area contributed by atoms with E-state index in [4.69, 9.17) is 4.74 Å². The minimum absolute atomic E-state index is 0.611. The first-order chi connectivity index (χ1) is 8.31. The van der Waals surface area contributed by atoms with Crippen LogP contribution in [0.5, 0.6) is 5.75 Å². The van der Waals surface area contributed by atoms with Crippen molar-refractivity contribution in [3.63, 3.8) is 0 Å². The van der Waals surface area contributed by atoms with Crippen LogP contribution in [0.2, 0.25) is 0 Å². The molecule has 2 heterocycles. The maximum absolute atomic E-state index is 5.50. The third-order valence-electron chi connectivity index (χ3n) is 3.71. The maximum Gasteiger partial charge on any atom is 0.128 e. The number of nitrogens with one attached hydrogen (secondary N) is 2. The summed E-state index contributed by atoms with van der Waals surface area (Å²) in [7, 11) is 1.74. The molecule has 1 fully saturated rings. The lowest BCUT2D eigenvalue weighted by molar-refractivity contribution is 0.419. The molecule has 2 aromatic rings. The number of methoxy groups -OCH3 is 1. The van der Waals surface area contributed by atoms with Crippen LogP contribution in [-0.4, -0.2) is 25.2 Å². The van der Waals surface area contributed by atoms with Crippen LogP contribution < -0.4 is 10.1 Å². The van der Waals surface area contributed by atoms with Crippen LogP contribution in [-0.2, 0) is 0 Å². The Labute approximate surface area is 101 Å². The highest BCUT2D eigenvalue weighted by atomic mass is 16.5. The molecule has 0 saturated carbocycles. The minimum atomic E-state index is 0.611. The number of fused-ring (bicyclic) bond motifs is 1. The second-order valence-electron chi connectivity index (χ2n) is 4.74. The standard InChI is InChI=1S/C14H18N2O/c1-9-13(10-6-7-15-8-10)14-11(16-9)4-3-5-12(14)17-2/h3-5,10,15-16H,6-8H2,1-2H3. The molecule has 1 aromatic carbocycles. The lowest BCUT2D eigenvalue weighted by Gasteiger charge is -2.11. The lowest BCUT2D eigenvalue weighted by atomic mass is 9.95. The first-order valence-electron chi connectivity index (χ1n) is 6.17. The van der Waals surface area contributed by atoms with Gasteiger partial charge in [-0.05, 0) is 37.6 Å². The summed E-state index contributed by atoms with van der Waals surface area (Å²) in [6, 6.07) is 6.20. The average molecular weight is 230 g/mol. The highest BCUT2D eigenvalue weighted by Crippen LogP contribution is 2.37. The van der Waals surface area contributed by atoms with Gasteiger partial charge in [0.25, 0.3) is 0 Å². The normalized spacial score (nSPS) is 20.0. The van der Waals surface area contributed by atoms with Crippen molar-refractivity contribution in [3.05, 3.63) is 29.5 Å². The number of aromatic nitrogens is 1. The number of H-pyrrole nitrogens is 1. The fourth-order valence-electron chi connectivity index (χ4n) is 2.95. The topological polar surface area (TPSA) is 37.0 Å². The summed E-state index contributed by atoms with van der Waals surface area (Å²) in [6.07, 6.45) is 1.21. The molecule has 2 N–H and O–H groups in total. The number of hydrogen-bond acceptors (Lipinski definition) is 2. The van der Waals surface area contributed by atoms with Gasteiger partial charge in [-0.1, -0.05) is 6.07 Å². The third kappa shape index (κ3) is 1.62. The molecule has 3 nitrogen and oxygen atoms in total. The van der Waals surface area contributed by atoms with E-state index in [1.54, 1.807) is 7.11 Å². The van der Waals surface area contributed by atoms with Crippen LogP contribution in [0.25, 0.3) is 10.9 Å². The van der Waals surface area contributed by atoms with E-state index in [1.807, 2.05) is 12.1 Å². The molecule has 3 heteroatoms. The van der Waals surface area contributed by atoms with Gasteiger partial charge >= 0.3 is 0 Å². The van der Waals surface area contributed by atoms with Crippen molar-refractivity contribution in [1.29, 1.82) is 0 Å². The average Bonchev–Trinajstić information content (AvgIpc) is 2.93. The van der Waals surface area contributed by atoms with E-state index in [1.165, 1.54) is 28.6 Å². The summed E-state index contributed by atoms with van der Waals surface area (Å²) in [5.41, 5.74) is 3.89. The maximum atomic E-state index is 5.50. The number of benzene rings is 1. The van der Waals surface area contributed by atoms with Crippen LogP contribution in [0.15, 0.2) is 18.2 Å².